The molecule has 0 atom stereocenters. The quantitative estimate of drug-likeness (QED) is 0.712. The van der Waals surface area contributed by atoms with Gasteiger partial charge in [-0.15, -0.1) is 0 Å². The fourth-order valence-corrected chi connectivity index (χ4v) is 2.68. The maximum absolute atomic E-state index is 12.0. The van der Waals surface area contributed by atoms with Gasteiger partial charge in [0.25, 0.3) is 5.91 Å². The van der Waals surface area contributed by atoms with Crippen LogP contribution in [0.15, 0.2) is 46.9 Å². The number of ether oxygens (including phenoxy) is 1. The molecule has 0 heterocycles. The van der Waals surface area contributed by atoms with E-state index in [0.29, 0.717) is 23.5 Å². The lowest BCUT2D eigenvalue weighted by Gasteiger charge is -2.10. The number of halogens is 1. The number of anilines is 2. The molecular weight excluding hydrogens is 384 g/mol. The van der Waals surface area contributed by atoms with Gasteiger partial charge in [0.2, 0.25) is 5.91 Å². The van der Waals surface area contributed by atoms with Gasteiger partial charge in [0.1, 0.15) is 5.75 Å². The number of nitrogens with one attached hydrogen (secondary N) is 2. The van der Waals surface area contributed by atoms with E-state index in [1.165, 1.54) is 0 Å². The van der Waals surface area contributed by atoms with Crippen LogP contribution in [0.2, 0.25) is 0 Å². The van der Waals surface area contributed by atoms with Crippen molar-refractivity contribution in [2.45, 2.75) is 26.7 Å². The minimum absolute atomic E-state index is 0.0162. The Morgan fingerprint density at radius 1 is 1.00 bits per heavy atom. The molecule has 0 aliphatic carbocycles. The molecule has 0 aliphatic heterocycles. The molecule has 2 aromatic rings. The van der Waals surface area contributed by atoms with Crippen LogP contribution in [0.4, 0.5) is 11.4 Å². The van der Waals surface area contributed by atoms with Crippen LogP contribution in [-0.2, 0) is 9.59 Å². The van der Waals surface area contributed by atoms with Crippen molar-refractivity contribution in [3.8, 4) is 5.75 Å². The van der Waals surface area contributed by atoms with Gasteiger partial charge in [-0.05, 0) is 61.4 Å². The van der Waals surface area contributed by atoms with Crippen molar-refractivity contribution in [1.29, 1.82) is 0 Å². The summed E-state index contributed by atoms with van der Waals surface area (Å²) in [6.45, 7) is 3.80. The molecule has 0 fully saturated rings. The highest BCUT2D eigenvalue weighted by Gasteiger charge is 2.07. The van der Waals surface area contributed by atoms with Crippen molar-refractivity contribution in [1.82, 2.24) is 0 Å². The summed E-state index contributed by atoms with van der Waals surface area (Å²) in [6.07, 6.45) is 1.29. The Kier molecular flexibility index (Phi) is 7.01. The molecule has 132 valence electrons. The minimum atomic E-state index is -0.245. The smallest absolute Gasteiger partial charge is 0.262 e. The molecule has 0 saturated carbocycles. The number of rotatable bonds is 7. The molecule has 0 saturated heterocycles. The third kappa shape index (κ3) is 6.23. The second-order valence-electron chi connectivity index (χ2n) is 5.62. The number of carbonyl (C=O) groups is 2. The first-order valence-electron chi connectivity index (χ1n) is 8.06. The SMILES string of the molecule is CCCC(=O)Nc1ccc(NC(=O)COc2ccc(Br)cc2C)cc1. The van der Waals surface area contributed by atoms with Crippen LogP contribution in [0.1, 0.15) is 25.3 Å². The van der Waals surface area contributed by atoms with Gasteiger partial charge < -0.3 is 15.4 Å². The summed E-state index contributed by atoms with van der Waals surface area (Å²) in [5.41, 5.74) is 2.31. The predicted octanol–water partition coefficient (Wildman–Crippen LogP) is 4.51. The van der Waals surface area contributed by atoms with E-state index in [1.54, 1.807) is 24.3 Å². The second-order valence-corrected chi connectivity index (χ2v) is 6.54. The first-order valence-corrected chi connectivity index (χ1v) is 8.86. The highest BCUT2D eigenvalue weighted by Crippen LogP contribution is 2.22. The van der Waals surface area contributed by atoms with Gasteiger partial charge in [0.15, 0.2) is 6.61 Å². The number of benzene rings is 2. The molecule has 2 N–H and O–H groups in total. The zero-order valence-electron chi connectivity index (χ0n) is 14.3. The van der Waals surface area contributed by atoms with Crippen molar-refractivity contribution >= 4 is 39.1 Å². The normalized spacial score (nSPS) is 10.2. The zero-order chi connectivity index (χ0) is 18.2. The van der Waals surface area contributed by atoms with Gasteiger partial charge in [-0.3, -0.25) is 9.59 Å². The zero-order valence-corrected chi connectivity index (χ0v) is 15.9. The van der Waals surface area contributed by atoms with Crippen LogP contribution in [0.5, 0.6) is 5.75 Å². The third-order valence-electron chi connectivity index (χ3n) is 3.43. The fourth-order valence-electron chi connectivity index (χ4n) is 2.20. The van der Waals surface area contributed by atoms with Crippen LogP contribution >= 0.6 is 15.9 Å². The maximum Gasteiger partial charge on any atom is 0.262 e. The van der Waals surface area contributed by atoms with Gasteiger partial charge in [0.05, 0.1) is 0 Å². The lowest BCUT2D eigenvalue weighted by atomic mass is 10.2. The molecule has 0 bridgehead atoms. The van der Waals surface area contributed by atoms with E-state index in [1.807, 2.05) is 32.0 Å². The predicted molar refractivity (Wildman–Crippen MR) is 103 cm³/mol. The molecule has 5 nitrogen and oxygen atoms in total. The molecule has 0 aliphatic rings. The largest absolute Gasteiger partial charge is 0.483 e. The molecule has 2 rings (SSSR count). The number of aryl methyl sites for hydroxylation is 1. The Balaban J connectivity index is 1.84. The Morgan fingerprint density at radius 3 is 2.16 bits per heavy atom. The first kappa shape index (κ1) is 19.0. The van der Waals surface area contributed by atoms with Crippen molar-refractivity contribution in [3.63, 3.8) is 0 Å². The fraction of sp³-hybridized carbons (Fsp3) is 0.263. The van der Waals surface area contributed by atoms with E-state index in [-0.39, 0.29) is 18.4 Å². The molecule has 0 unspecified atom stereocenters. The van der Waals surface area contributed by atoms with Crippen LogP contribution in [0.25, 0.3) is 0 Å². The number of hydrogen-bond donors (Lipinski definition) is 2. The van der Waals surface area contributed by atoms with Crippen LogP contribution in [-0.4, -0.2) is 18.4 Å². The van der Waals surface area contributed by atoms with Gasteiger partial charge in [-0.1, -0.05) is 22.9 Å². The van der Waals surface area contributed by atoms with Crippen molar-refractivity contribution < 1.29 is 14.3 Å². The lowest BCUT2D eigenvalue weighted by Crippen LogP contribution is -2.20. The molecule has 6 heteroatoms. The highest BCUT2D eigenvalue weighted by atomic mass is 79.9. The number of hydrogen-bond acceptors (Lipinski definition) is 3. The van der Waals surface area contributed by atoms with E-state index >= 15 is 0 Å². The van der Waals surface area contributed by atoms with E-state index in [0.717, 1.165) is 16.5 Å². The molecule has 0 radical (unpaired) electrons. The van der Waals surface area contributed by atoms with Crippen LogP contribution < -0.4 is 15.4 Å². The Morgan fingerprint density at radius 2 is 1.60 bits per heavy atom. The Bertz CT molecular complexity index is 745. The van der Waals surface area contributed by atoms with E-state index < -0.39 is 0 Å². The van der Waals surface area contributed by atoms with E-state index in [9.17, 15) is 9.59 Å². The van der Waals surface area contributed by atoms with Crippen molar-refractivity contribution in [3.05, 3.63) is 52.5 Å². The summed E-state index contributed by atoms with van der Waals surface area (Å²) in [5, 5.41) is 5.56. The summed E-state index contributed by atoms with van der Waals surface area (Å²) < 4.78 is 6.50. The Hall–Kier alpha value is -2.34. The van der Waals surface area contributed by atoms with Gasteiger partial charge in [0, 0.05) is 22.3 Å². The summed E-state index contributed by atoms with van der Waals surface area (Å²) in [6, 6.07) is 12.6. The Labute approximate surface area is 155 Å². The molecule has 2 amide bonds. The summed E-state index contributed by atoms with van der Waals surface area (Å²) in [4.78, 5) is 23.5. The van der Waals surface area contributed by atoms with E-state index in [2.05, 4.69) is 26.6 Å². The van der Waals surface area contributed by atoms with Gasteiger partial charge in [-0.25, -0.2) is 0 Å². The lowest BCUT2D eigenvalue weighted by molar-refractivity contribution is -0.118. The first-order chi connectivity index (χ1) is 12.0. The monoisotopic (exact) mass is 404 g/mol. The summed E-state index contributed by atoms with van der Waals surface area (Å²) >= 11 is 3.39. The summed E-state index contributed by atoms with van der Waals surface area (Å²) in [7, 11) is 0. The average molecular weight is 405 g/mol. The van der Waals surface area contributed by atoms with Gasteiger partial charge >= 0.3 is 0 Å². The maximum atomic E-state index is 12.0. The van der Waals surface area contributed by atoms with Crippen molar-refractivity contribution in [2.24, 2.45) is 0 Å². The summed E-state index contributed by atoms with van der Waals surface area (Å²) in [5.74, 6) is 0.412. The van der Waals surface area contributed by atoms with Crippen LogP contribution in [0.3, 0.4) is 0 Å². The standard InChI is InChI=1S/C19H21BrN2O3/c1-3-4-18(23)21-15-6-8-16(9-7-15)22-19(24)12-25-17-10-5-14(20)11-13(17)2/h5-11H,3-4,12H2,1-2H3,(H,21,23)(H,22,24). The van der Waals surface area contributed by atoms with Crippen molar-refractivity contribution in [2.75, 3.05) is 17.2 Å². The number of carbonyl (C=O) groups excluding carboxylic acids is 2. The third-order valence-corrected chi connectivity index (χ3v) is 3.92. The molecule has 0 aromatic heterocycles. The minimum Gasteiger partial charge on any atom is -0.483 e. The van der Waals surface area contributed by atoms with Crippen LogP contribution in [0, 0.1) is 6.92 Å². The molecular formula is C19H21BrN2O3. The molecule has 0 spiro atoms. The average Bonchev–Trinajstić information content (AvgIpc) is 2.56. The van der Waals surface area contributed by atoms with Gasteiger partial charge in [-0.2, -0.15) is 0 Å². The van der Waals surface area contributed by atoms with E-state index in [4.69, 9.17) is 4.74 Å². The topological polar surface area (TPSA) is 67.4 Å². The molecule has 25 heavy (non-hydrogen) atoms. The molecule has 2 aromatic carbocycles. The highest BCUT2D eigenvalue weighted by molar-refractivity contribution is 9.10. The second kappa shape index (κ2) is 9.22. The number of amides is 2.